The molecule has 5 nitrogen and oxygen atoms in total. The fraction of sp³-hybridized carbons (Fsp3) is 0.167. The first-order chi connectivity index (χ1) is 8.58. The molecule has 0 amide bonds. The first-order valence-electron chi connectivity index (χ1n) is 5.30. The Labute approximate surface area is 110 Å². The second-order valence-corrected chi connectivity index (χ2v) is 4.14. The van der Waals surface area contributed by atoms with Crippen molar-refractivity contribution in [2.45, 2.75) is 6.92 Å². The molecule has 3 N–H and O–H groups in total. The van der Waals surface area contributed by atoms with Crippen molar-refractivity contribution in [2.24, 2.45) is 0 Å². The Morgan fingerprint density at radius 2 is 2.06 bits per heavy atom. The summed E-state index contributed by atoms with van der Waals surface area (Å²) in [7, 11) is 1.57. The van der Waals surface area contributed by atoms with Gasteiger partial charge in [-0.3, -0.25) is 0 Å². The Balaban J connectivity index is 2.25. The standard InChI is InChI=1S/C12H13ClN4O/c1-7-5-11(14)17-12(15-7)16-8-3-4-10(18-2)9(13)6-8/h3-6H,1-2H3,(H3,14,15,16,17). The average molecular weight is 265 g/mol. The maximum atomic E-state index is 6.03. The van der Waals surface area contributed by atoms with E-state index in [0.717, 1.165) is 11.4 Å². The SMILES string of the molecule is COc1ccc(Nc2nc(C)cc(N)n2)cc1Cl. The Bertz CT molecular complexity index is 554. The minimum Gasteiger partial charge on any atom is -0.495 e. The van der Waals surface area contributed by atoms with Crippen molar-refractivity contribution in [3.05, 3.63) is 35.0 Å². The van der Waals surface area contributed by atoms with E-state index < -0.39 is 0 Å². The highest BCUT2D eigenvalue weighted by Crippen LogP contribution is 2.28. The van der Waals surface area contributed by atoms with Gasteiger partial charge >= 0.3 is 0 Å². The van der Waals surface area contributed by atoms with Crippen LogP contribution in [0.25, 0.3) is 0 Å². The second kappa shape index (κ2) is 5.10. The fourth-order valence-corrected chi connectivity index (χ4v) is 1.78. The monoisotopic (exact) mass is 264 g/mol. The summed E-state index contributed by atoms with van der Waals surface area (Å²) in [6.07, 6.45) is 0. The van der Waals surface area contributed by atoms with Gasteiger partial charge in [-0.25, -0.2) is 4.98 Å². The minimum absolute atomic E-state index is 0.421. The molecule has 0 fully saturated rings. The normalized spacial score (nSPS) is 10.2. The Morgan fingerprint density at radius 3 is 2.67 bits per heavy atom. The molecule has 0 saturated heterocycles. The van der Waals surface area contributed by atoms with Gasteiger partial charge in [0.1, 0.15) is 11.6 Å². The summed E-state index contributed by atoms with van der Waals surface area (Å²) in [6, 6.07) is 7.03. The van der Waals surface area contributed by atoms with Crippen molar-refractivity contribution in [2.75, 3.05) is 18.2 Å². The van der Waals surface area contributed by atoms with E-state index in [9.17, 15) is 0 Å². The van der Waals surface area contributed by atoms with Gasteiger partial charge in [0.05, 0.1) is 12.1 Å². The summed E-state index contributed by atoms with van der Waals surface area (Å²) < 4.78 is 5.08. The number of hydrogen-bond acceptors (Lipinski definition) is 5. The third-order valence-corrected chi connectivity index (χ3v) is 2.58. The van der Waals surface area contributed by atoms with Crippen molar-refractivity contribution in [3.8, 4) is 5.75 Å². The number of ether oxygens (including phenoxy) is 1. The number of nitrogens with two attached hydrogens (primary N) is 1. The van der Waals surface area contributed by atoms with Gasteiger partial charge in [-0.05, 0) is 25.1 Å². The Kier molecular flexibility index (Phi) is 3.53. The van der Waals surface area contributed by atoms with Crippen LogP contribution in [0.4, 0.5) is 17.5 Å². The third kappa shape index (κ3) is 2.81. The molecule has 1 aromatic carbocycles. The molecule has 0 radical (unpaired) electrons. The second-order valence-electron chi connectivity index (χ2n) is 3.73. The number of nitrogens with zero attached hydrogens (tertiary/aromatic N) is 2. The van der Waals surface area contributed by atoms with E-state index in [4.69, 9.17) is 22.1 Å². The summed E-state index contributed by atoms with van der Waals surface area (Å²) in [4.78, 5) is 8.31. The van der Waals surface area contributed by atoms with Gasteiger partial charge < -0.3 is 15.8 Å². The molecule has 6 heteroatoms. The third-order valence-electron chi connectivity index (χ3n) is 2.28. The predicted molar refractivity (Wildman–Crippen MR) is 72.5 cm³/mol. The van der Waals surface area contributed by atoms with E-state index in [1.807, 2.05) is 13.0 Å². The van der Waals surface area contributed by atoms with Crippen LogP contribution in [-0.2, 0) is 0 Å². The first-order valence-corrected chi connectivity index (χ1v) is 5.68. The summed E-state index contributed by atoms with van der Waals surface area (Å²) >= 11 is 6.03. The smallest absolute Gasteiger partial charge is 0.229 e. The minimum atomic E-state index is 0.421. The Hall–Kier alpha value is -2.01. The molecule has 0 aliphatic heterocycles. The zero-order chi connectivity index (χ0) is 13.1. The van der Waals surface area contributed by atoms with E-state index in [0.29, 0.717) is 22.5 Å². The van der Waals surface area contributed by atoms with Crippen LogP contribution in [0.1, 0.15) is 5.69 Å². The number of nitrogens with one attached hydrogen (secondary N) is 1. The molecule has 0 spiro atoms. The topological polar surface area (TPSA) is 73.1 Å². The van der Waals surface area contributed by atoms with E-state index in [1.54, 1.807) is 25.3 Å². The van der Waals surface area contributed by atoms with E-state index in [1.165, 1.54) is 0 Å². The van der Waals surface area contributed by atoms with Crippen LogP contribution in [0.3, 0.4) is 0 Å². The first kappa shape index (κ1) is 12.4. The van der Waals surface area contributed by atoms with E-state index in [-0.39, 0.29) is 0 Å². The molecule has 2 rings (SSSR count). The molecular weight excluding hydrogens is 252 g/mol. The predicted octanol–water partition coefficient (Wildman–Crippen LogP) is 2.77. The van der Waals surface area contributed by atoms with Gasteiger partial charge in [0.25, 0.3) is 0 Å². The van der Waals surface area contributed by atoms with E-state index >= 15 is 0 Å². The number of anilines is 3. The molecule has 0 aliphatic rings. The molecular formula is C12H13ClN4O. The highest BCUT2D eigenvalue weighted by atomic mass is 35.5. The lowest BCUT2D eigenvalue weighted by atomic mass is 10.3. The van der Waals surface area contributed by atoms with Gasteiger partial charge in [-0.1, -0.05) is 11.6 Å². The average Bonchev–Trinajstić information content (AvgIpc) is 2.27. The van der Waals surface area contributed by atoms with Crippen molar-refractivity contribution < 1.29 is 4.74 Å². The molecule has 94 valence electrons. The lowest BCUT2D eigenvalue weighted by Crippen LogP contribution is -2.01. The maximum Gasteiger partial charge on any atom is 0.229 e. The van der Waals surface area contributed by atoms with Crippen LogP contribution < -0.4 is 15.8 Å². The van der Waals surface area contributed by atoms with Crippen molar-refractivity contribution in [1.82, 2.24) is 9.97 Å². The molecule has 18 heavy (non-hydrogen) atoms. The summed E-state index contributed by atoms with van der Waals surface area (Å²) in [5, 5.41) is 3.55. The Morgan fingerprint density at radius 1 is 1.28 bits per heavy atom. The lowest BCUT2D eigenvalue weighted by Gasteiger charge is -2.08. The van der Waals surface area contributed by atoms with E-state index in [2.05, 4.69) is 15.3 Å². The van der Waals surface area contributed by atoms with Crippen LogP contribution in [0.5, 0.6) is 5.75 Å². The maximum absolute atomic E-state index is 6.03. The van der Waals surface area contributed by atoms with Crippen molar-refractivity contribution in [3.63, 3.8) is 0 Å². The zero-order valence-corrected chi connectivity index (χ0v) is 10.8. The summed E-state index contributed by atoms with van der Waals surface area (Å²) in [6.45, 7) is 1.85. The van der Waals surface area contributed by atoms with Crippen LogP contribution in [-0.4, -0.2) is 17.1 Å². The lowest BCUT2D eigenvalue weighted by molar-refractivity contribution is 0.415. The molecule has 0 unspecified atom stereocenters. The summed E-state index contributed by atoms with van der Waals surface area (Å²) in [5.74, 6) is 1.48. The van der Waals surface area contributed by atoms with Gasteiger partial charge in [-0.2, -0.15) is 4.98 Å². The van der Waals surface area contributed by atoms with Gasteiger partial charge in [-0.15, -0.1) is 0 Å². The number of nitrogen functional groups attached to an aromatic ring is 1. The van der Waals surface area contributed by atoms with Crippen LogP contribution in [0.15, 0.2) is 24.3 Å². The van der Waals surface area contributed by atoms with Crippen molar-refractivity contribution in [1.29, 1.82) is 0 Å². The van der Waals surface area contributed by atoms with Crippen LogP contribution in [0.2, 0.25) is 5.02 Å². The van der Waals surface area contributed by atoms with Crippen LogP contribution >= 0.6 is 11.6 Å². The van der Waals surface area contributed by atoms with Gasteiger partial charge in [0.2, 0.25) is 5.95 Å². The number of benzene rings is 1. The number of halogens is 1. The number of methoxy groups -OCH3 is 1. The van der Waals surface area contributed by atoms with Crippen LogP contribution in [0, 0.1) is 6.92 Å². The number of rotatable bonds is 3. The number of hydrogen-bond donors (Lipinski definition) is 2. The molecule has 0 bridgehead atoms. The van der Waals surface area contributed by atoms with Gasteiger partial charge in [0, 0.05) is 17.4 Å². The summed E-state index contributed by atoms with van der Waals surface area (Å²) in [5.41, 5.74) is 7.22. The highest BCUT2D eigenvalue weighted by molar-refractivity contribution is 6.32. The van der Waals surface area contributed by atoms with Crippen molar-refractivity contribution >= 4 is 29.1 Å². The number of aryl methyl sites for hydroxylation is 1. The quantitative estimate of drug-likeness (QED) is 0.892. The van der Waals surface area contributed by atoms with Gasteiger partial charge in [0.15, 0.2) is 0 Å². The molecule has 1 aromatic heterocycles. The molecule has 0 aliphatic carbocycles. The zero-order valence-electron chi connectivity index (χ0n) is 10.1. The fourth-order valence-electron chi connectivity index (χ4n) is 1.52. The molecule has 0 atom stereocenters. The highest BCUT2D eigenvalue weighted by Gasteiger charge is 2.04. The molecule has 2 aromatic rings. The largest absolute Gasteiger partial charge is 0.495 e. The molecule has 0 saturated carbocycles. The molecule has 1 heterocycles. The number of aromatic nitrogens is 2.